The Balaban J connectivity index is 2.08. The first kappa shape index (κ1) is 12.5. The van der Waals surface area contributed by atoms with E-state index >= 15 is 0 Å². The van der Waals surface area contributed by atoms with Crippen LogP contribution < -0.4 is 4.57 Å². The molecule has 0 spiro atoms. The monoisotopic (exact) mass is 240 g/mol. The molecular formula is C16H18NO+. The fourth-order valence-corrected chi connectivity index (χ4v) is 2.12. The number of benzene rings is 1. The number of rotatable bonds is 4. The van der Waals surface area contributed by atoms with Gasteiger partial charge in [0.25, 0.3) is 0 Å². The summed E-state index contributed by atoms with van der Waals surface area (Å²) in [6.45, 7) is 4.56. The van der Waals surface area contributed by atoms with Gasteiger partial charge in [-0.25, -0.2) is 0 Å². The van der Waals surface area contributed by atoms with Crippen LogP contribution in [0, 0.1) is 13.8 Å². The second kappa shape index (κ2) is 5.58. The van der Waals surface area contributed by atoms with Gasteiger partial charge in [0.15, 0.2) is 12.4 Å². The van der Waals surface area contributed by atoms with Crippen molar-refractivity contribution in [3.8, 4) is 0 Å². The molecule has 2 nitrogen and oxygen atoms in total. The molecule has 1 heterocycles. The van der Waals surface area contributed by atoms with E-state index in [-0.39, 0.29) is 5.78 Å². The van der Waals surface area contributed by atoms with Gasteiger partial charge in [-0.1, -0.05) is 24.3 Å². The first-order valence-corrected chi connectivity index (χ1v) is 6.17. The van der Waals surface area contributed by atoms with Gasteiger partial charge in [0.05, 0.1) is 0 Å². The van der Waals surface area contributed by atoms with E-state index in [9.17, 15) is 4.79 Å². The van der Waals surface area contributed by atoms with Crippen LogP contribution in [0.5, 0.6) is 0 Å². The van der Waals surface area contributed by atoms with E-state index in [1.165, 1.54) is 16.7 Å². The largest absolute Gasteiger partial charge is 0.292 e. The van der Waals surface area contributed by atoms with Crippen molar-refractivity contribution in [2.24, 2.45) is 0 Å². The number of Topliss-reactive ketones (excluding diaryl/α,β-unsaturated/α-hetero) is 1. The number of hydrogen-bond donors (Lipinski definition) is 0. The average molecular weight is 240 g/mol. The molecule has 0 N–H and O–H groups in total. The van der Waals surface area contributed by atoms with Crippen LogP contribution in [0.2, 0.25) is 0 Å². The van der Waals surface area contributed by atoms with E-state index in [0.717, 1.165) is 0 Å². The van der Waals surface area contributed by atoms with Crippen LogP contribution in [0.25, 0.3) is 0 Å². The second-order valence-corrected chi connectivity index (χ2v) is 4.63. The smallest absolute Gasteiger partial charge is 0.206 e. The van der Waals surface area contributed by atoms with Gasteiger partial charge in [-0.3, -0.25) is 4.79 Å². The molecule has 0 bridgehead atoms. The molecule has 92 valence electrons. The van der Waals surface area contributed by atoms with Gasteiger partial charge >= 0.3 is 0 Å². The molecule has 0 aliphatic carbocycles. The van der Waals surface area contributed by atoms with Gasteiger partial charge in [-0.2, -0.15) is 4.57 Å². The van der Waals surface area contributed by atoms with Gasteiger partial charge < -0.3 is 0 Å². The maximum atomic E-state index is 12.1. The Bertz CT molecular complexity index is 526. The standard InChI is InChI=1S/C16H18NO/c1-13-7-6-8-14(2)16(13)11-15(18)12-17-9-4-3-5-10-17/h3-10H,11-12H2,1-2H3/q+1. The fraction of sp³-hybridized carbons (Fsp3) is 0.250. The Labute approximate surface area is 108 Å². The molecule has 2 rings (SSSR count). The van der Waals surface area contributed by atoms with Crippen LogP contribution in [0.15, 0.2) is 48.8 Å². The highest BCUT2D eigenvalue weighted by molar-refractivity contribution is 5.80. The molecule has 0 radical (unpaired) electrons. The fourth-order valence-electron chi connectivity index (χ4n) is 2.12. The van der Waals surface area contributed by atoms with E-state index in [0.29, 0.717) is 13.0 Å². The summed E-state index contributed by atoms with van der Waals surface area (Å²) >= 11 is 0. The minimum atomic E-state index is 0.239. The van der Waals surface area contributed by atoms with Crippen LogP contribution in [-0.2, 0) is 17.8 Å². The second-order valence-electron chi connectivity index (χ2n) is 4.63. The Morgan fingerprint density at radius 1 is 1.00 bits per heavy atom. The minimum absolute atomic E-state index is 0.239. The maximum Gasteiger partial charge on any atom is 0.206 e. The molecule has 2 aromatic rings. The topological polar surface area (TPSA) is 20.9 Å². The summed E-state index contributed by atoms with van der Waals surface area (Å²) < 4.78 is 1.91. The molecule has 0 unspecified atom stereocenters. The number of pyridine rings is 1. The molecule has 0 aliphatic heterocycles. The summed E-state index contributed by atoms with van der Waals surface area (Å²) in [7, 11) is 0. The summed E-state index contributed by atoms with van der Waals surface area (Å²) in [6, 6.07) is 12.0. The number of ketones is 1. The van der Waals surface area contributed by atoms with Gasteiger partial charge in [0.1, 0.15) is 0 Å². The summed E-state index contributed by atoms with van der Waals surface area (Å²) in [4.78, 5) is 12.1. The van der Waals surface area contributed by atoms with Gasteiger partial charge in [-0.05, 0) is 30.5 Å². The lowest BCUT2D eigenvalue weighted by molar-refractivity contribution is -0.684. The molecule has 0 saturated heterocycles. The number of aryl methyl sites for hydroxylation is 2. The van der Waals surface area contributed by atoms with Gasteiger partial charge in [-0.15, -0.1) is 0 Å². The summed E-state index contributed by atoms with van der Waals surface area (Å²) in [5, 5.41) is 0. The molecular weight excluding hydrogens is 222 g/mol. The van der Waals surface area contributed by atoms with Crippen LogP contribution >= 0.6 is 0 Å². The van der Waals surface area contributed by atoms with Crippen LogP contribution in [0.3, 0.4) is 0 Å². The summed E-state index contributed by atoms with van der Waals surface area (Å²) in [5.41, 5.74) is 3.56. The van der Waals surface area contributed by atoms with Crippen LogP contribution in [0.4, 0.5) is 0 Å². The predicted molar refractivity (Wildman–Crippen MR) is 71.3 cm³/mol. The van der Waals surface area contributed by atoms with Crippen molar-refractivity contribution in [3.63, 3.8) is 0 Å². The molecule has 18 heavy (non-hydrogen) atoms. The third-order valence-electron chi connectivity index (χ3n) is 3.15. The SMILES string of the molecule is Cc1cccc(C)c1CC(=O)C[n+]1ccccc1. The predicted octanol–water partition coefficient (Wildman–Crippen LogP) is 2.40. The third-order valence-corrected chi connectivity index (χ3v) is 3.15. The Morgan fingerprint density at radius 2 is 1.61 bits per heavy atom. The number of carbonyl (C=O) groups is 1. The summed E-state index contributed by atoms with van der Waals surface area (Å²) in [5.74, 6) is 0.239. The quantitative estimate of drug-likeness (QED) is 0.752. The first-order chi connectivity index (χ1) is 8.66. The van der Waals surface area contributed by atoms with Crippen LogP contribution in [0.1, 0.15) is 16.7 Å². The molecule has 0 atom stereocenters. The average Bonchev–Trinajstić information content (AvgIpc) is 2.35. The first-order valence-electron chi connectivity index (χ1n) is 6.17. The molecule has 0 amide bonds. The van der Waals surface area contributed by atoms with Crippen molar-refractivity contribution in [1.82, 2.24) is 0 Å². The number of aromatic nitrogens is 1. The van der Waals surface area contributed by atoms with E-state index in [4.69, 9.17) is 0 Å². The Hall–Kier alpha value is -1.96. The van der Waals surface area contributed by atoms with Crippen molar-refractivity contribution >= 4 is 5.78 Å². The van der Waals surface area contributed by atoms with Crippen molar-refractivity contribution in [1.29, 1.82) is 0 Å². The highest BCUT2D eigenvalue weighted by Gasteiger charge is 2.12. The third kappa shape index (κ3) is 3.04. The van der Waals surface area contributed by atoms with Crippen LogP contribution in [-0.4, -0.2) is 5.78 Å². The zero-order chi connectivity index (χ0) is 13.0. The van der Waals surface area contributed by atoms with E-state index in [2.05, 4.69) is 26.0 Å². The lowest BCUT2D eigenvalue weighted by Gasteiger charge is -2.07. The molecule has 2 heteroatoms. The van der Waals surface area contributed by atoms with Gasteiger partial charge in [0, 0.05) is 18.6 Å². The summed E-state index contributed by atoms with van der Waals surface area (Å²) in [6.07, 6.45) is 4.35. The maximum absolute atomic E-state index is 12.1. The molecule has 0 fully saturated rings. The lowest BCUT2D eigenvalue weighted by atomic mass is 9.98. The van der Waals surface area contributed by atoms with E-state index < -0.39 is 0 Å². The van der Waals surface area contributed by atoms with Crippen molar-refractivity contribution in [2.45, 2.75) is 26.8 Å². The Morgan fingerprint density at radius 3 is 2.22 bits per heavy atom. The molecule has 1 aromatic carbocycles. The zero-order valence-electron chi connectivity index (χ0n) is 10.9. The molecule has 0 aliphatic rings. The van der Waals surface area contributed by atoms with Crippen molar-refractivity contribution < 1.29 is 9.36 Å². The van der Waals surface area contributed by atoms with Gasteiger partial charge in [0.2, 0.25) is 12.3 Å². The number of carbonyl (C=O) groups excluding carboxylic acids is 1. The zero-order valence-corrected chi connectivity index (χ0v) is 10.9. The number of hydrogen-bond acceptors (Lipinski definition) is 1. The molecule has 1 aromatic heterocycles. The minimum Gasteiger partial charge on any atom is -0.292 e. The Kier molecular flexibility index (Phi) is 3.88. The van der Waals surface area contributed by atoms with E-state index in [1.54, 1.807) is 0 Å². The van der Waals surface area contributed by atoms with Crippen molar-refractivity contribution in [3.05, 3.63) is 65.5 Å². The normalized spacial score (nSPS) is 10.3. The van der Waals surface area contributed by atoms with Crippen molar-refractivity contribution in [2.75, 3.05) is 0 Å². The highest BCUT2D eigenvalue weighted by Crippen LogP contribution is 2.14. The molecule has 0 saturated carbocycles. The lowest BCUT2D eigenvalue weighted by Crippen LogP contribution is -2.37. The number of nitrogens with zero attached hydrogens (tertiary/aromatic N) is 1. The van der Waals surface area contributed by atoms with E-state index in [1.807, 2.05) is 41.2 Å². The highest BCUT2D eigenvalue weighted by atomic mass is 16.1.